The summed E-state index contributed by atoms with van der Waals surface area (Å²) < 4.78 is 5.40. The van der Waals surface area contributed by atoms with Crippen molar-refractivity contribution in [1.82, 2.24) is 0 Å². The molecule has 4 heteroatoms. The van der Waals surface area contributed by atoms with Gasteiger partial charge >= 0.3 is 6.03 Å². The molecule has 110 valence electrons. The number of aryl methyl sites for hydroxylation is 1. The first-order chi connectivity index (χ1) is 10.2. The summed E-state index contributed by atoms with van der Waals surface area (Å²) in [4.78, 5) is 12.0. The molecule has 4 nitrogen and oxygen atoms in total. The third-order valence-corrected chi connectivity index (χ3v) is 3.00. The van der Waals surface area contributed by atoms with Gasteiger partial charge in [0.25, 0.3) is 0 Å². The summed E-state index contributed by atoms with van der Waals surface area (Å²) in [6.07, 6.45) is 0.938. The van der Waals surface area contributed by atoms with Crippen LogP contribution in [0, 0.1) is 0 Å². The molecule has 0 unspecified atom stereocenters. The van der Waals surface area contributed by atoms with Crippen LogP contribution in [0.1, 0.15) is 19.4 Å². The standard InChI is InChI=1S/C17H20N2O2/c1-3-13-7-5-8-14(11-13)18-17(20)19-15-9-6-10-16(12-15)21-4-2/h5-12H,3-4H2,1-2H3,(H2,18,19,20). The highest BCUT2D eigenvalue weighted by Crippen LogP contribution is 2.18. The summed E-state index contributed by atoms with van der Waals surface area (Å²) in [5, 5.41) is 5.62. The van der Waals surface area contributed by atoms with Crippen LogP contribution in [-0.2, 0) is 6.42 Å². The second kappa shape index (κ2) is 7.33. The minimum absolute atomic E-state index is 0.267. The number of urea groups is 1. The maximum Gasteiger partial charge on any atom is 0.323 e. The average Bonchev–Trinajstić information content (AvgIpc) is 2.48. The van der Waals surface area contributed by atoms with E-state index in [4.69, 9.17) is 4.74 Å². The van der Waals surface area contributed by atoms with Crippen molar-refractivity contribution >= 4 is 17.4 Å². The van der Waals surface area contributed by atoms with Crippen molar-refractivity contribution < 1.29 is 9.53 Å². The van der Waals surface area contributed by atoms with E-state index in [2.05, 4.69) is 17.6 Å². The SMILES string of the molecule is CCOc1cccc(NC(=O)Nc2cccc(CC)c2)c1. The molecule has 0 aliphatic carbocycles. The van der Waals surface area contributed by atoms with Crippen molar-refractivity contribution in [2.24, 2.45) is 0 Å². The van der Waals surface area contributed by atoms with E-state index in [1.54, 1.807) is 6.07 Å². The molecule has 0 spiro atoms. The van der Waals surface area contributed by atoms with E-state index in [1.807, 2.05) is 49.4 Å². The van der Waals surface area contributed by atoms with E-state index in [1.165, 1.54) is 5.56 Å². The van der Waals surface area contributed by atoms with Crippen LogP contribution in [0.3, 0.4) is 0 Å². The number of carbonyl (C=O) groups is 1. The maximum atomic E-state index is 12.0. The van der Waals surface area contributed by atoms with Gasteiger partial charge in [-0.1, -0.05) is 25.1 Å². The Morgan fingerprint density at radius 2 is 1.67 bits per heavy atom. The molecule has 2 aromatic rings. The first-order valence-electron chi connectivity index (χ1n) is 7.11. The molecule has 0 aromatic heterocycles. The normalized spacial score (nSPS) is 10.0. The van der Waals surface area contributed by atoms with Crippen LogP contribution in [0.5, 0.6) is 5.75 Å². The van der Waals surface area contributed by atoms with Gasteiger partial charge in [0.05, 0.1) is 6.61 Å². The van der Waals surface area contributed by atoms with Crippen LogP contribution in [-0.4, -0.2) is 12.6 Å². The third-order valence-electron chi connectivity index (χ3n) is 3.00. The Morgan fingerprint density at radius 1 is 1.00 bits per heavy atom. The lowest BCUT2D eigenvalue weighted by molar-refractivity contribution is 0.262. The molecule has 0 saturated heterocycles. The van der Waals surface area contributed by atoms with Crippen LogP contribution < -0.4 is 15.4 Å². The second-order valence-electron chi connectivity index (χ2n) is 4.59. The van der Waals surface area contributed by atoms with E-state index in [0.29, 0.717) is 12.3 Å². The summed E-state index contributed by atoms with van der Waals surface area (Å²) in [5.74, 6) is 0.739. The van der Waals surface area contributed by atoms with Gasteiger partial charge in [0.1, 0.15) is 5.75 Å². The van der Waals surface area contributed by atoms with Crippen molar-refractivity contribution in [3.05, 3.63) is 54.1 Å². The Kier molecular flexibility index (Phi) is 5.21. The molecule has 21 heavy (non-hydrogen) atoms. The maximum absolute atomic E-state index is 12.0. The van der Waals surface area contributed by atoms with Crippen molar-refractivity contribution in [2.45, 2.75) is 20.3 Å². The number of amides is 2. The predicted octanol–water partition coefficient (Wildman–Crippen LogP) is 4.29. The van der Waals surface area contributed by atoms with Gasteiger partial charge < -0.3 is 15.4 Å². The Balaban J connectivity index is 1.99. The van der Waals surface area contributed by atoms with E-state index < -0.39 is 0 Å². The summed E-state index contributed by atoms with van der Waals surface area (Å²) in [6, 6.07) is 14.9. The molecule has 2 amide bonds. The lowest BCUT2D eigenvalue weighted by Gasteiger charge is -2.10. The number of nitrogens with one attached hydrogen (secondary N) is 2. The van der Waals surface area contributed by atoms with Gasteiger partial charge in [-0.15, -0.1) is 0 Å². The number of hydrogen-bond donors (Lipinski definition) is 2. The topological polar surface area (TPSA) is 50.4 Å². The fourth-order valence-corrected chi connectivity index (χ4v) is 1.99. The molecule has 2 rings (SSSR count). The van der Waals surface area contributed by atoms with Crippen molar-refractivity contribution in [3.63, 3.8) is 0 Å². The van der Waals surface area contributed by atoms with Crippen LogP contribution in [0.2, 0.25) is 0 Å². The van der Waals surface area contributed by atoms with Crippen molar-refractivity contribution in [1.29, 1.82) is 0 Å². The molecule has 0 saturated carbocycles. The fraction of sp³-hybridized carbons (Fsp3) is 0.235. The molecule has 0 atom stereocenters. The van der Waals surface area contributed by atoms with Gasteiger partial charge in [0.2, 0.25) is 0 Å². The molecular formula is C17H20N2O2. The smallest absolute Gasteiger partial charge is 0.323 e. The molecule has 0 radical (unpaired) electrons. The average molecular weight is 284 g/mol. The van der Waals surface area contributed by atoms with E-state index in [9.17, 15) is 4.79 Å². The van der Waals surface area contributed by atoms with Gasteiger partial charge in [-0.2, -0.15) is 0 Å². The first-order valence-corrected chi connectivity index (χ1v) is 7.11. The predicted molar refractivity (Wildman–Crippen MR) is 86.1 cm³/mol. The zero-order valence-corrected chi connectivity index (χ0v) is 12.3. The summed E-state index contributed by atoms with van der Waals surface area (Å²) in [7, 11) is 0. The number of hydrogen-bond acceptors (Lipinski definition) is 2. The quantitative estimate of drug-likeness (QED) is 0.860. The zero-order chi connectivity index (χ0) is 15.1. The lowest BCUT2D eigenvalue weighted by atomic mass is 10.1. The Bertz CT molecular complexity index is 611. The fourth-order valence-electron chi connectivity index (χ4n) is 1.99. The highest BCUT2D eigenvalue weighted by atomic mass is 16.5. The van der Waals surface area contributed by atoms with Gasteiger partial charge in [0, 0.05) is 17.4 Å². The number of ether oxygens (including phenoxy) is 1. The largest absolute Gasteiger partial charge is 0.494 e. The zero-order valence-electron chi connectivity index (χ0n) is 12.3. The monoisotopic (exact) mass is 284 g/mol. The van der Waals surface area contributed by atoms with E-state index in [-0.39, 0.29) is 6.03 Å². The molecular weight excluding hydrogens is 264 g/mol. The number of carbonyl (C=O) groups excluding carboxylic acids is 1. The number of anilines is 2. The molecule has 0 fully saturated rings. The Hall–Kier alpha value is -2.49. The van der Waals surface area contributed by atoms with Crippen LogP contribution in [0.4, 0.5) is 16.2 Å². The lowest BCUT2D eigenvalue weighted by Crippen LogP contribution is -2.19. The van der Waals surface area contributed by atoms with Gasteiger partial charge in [-0.25, -0.2) is 4.79 Å². The van der Waals surface area contributed by atoms with E-state index in [0.717, 1.165) is 17.9 Å². The summed E-state index contributed by atoms with van der Waals surface area (Å²) >= 11 is 0. The molecule has 0 bridgehead atoms. The molecule has 0 heterocycles. The highest BCUT2D eigenvalue weighted by Gasteiger charge is 2.04. The molecule has 2 N–H and O–H groups in total. The van der Waals surface area contributed by atoms with Crippen LogP contribution in [0.15, 0.2) is 48.5 Å². The minimum Gasteiger partial charge on any atom is -0.494 e. The van der Waals surface area contributed by atoms with Crippen molar-refractivity contribution in [2.75, 3.05) is 17.2 Å². The first kappa shape index (κ1) is 14.9. The molecule has 2 aromatic carbocycles. The van der Waals surface area contributed by atoms with Gasteiger partial charge in [-0.3, -0.25) is 0 Å². The van der Waals surface area contributed by atoms with Crippen LogP contribution >= 0.6 is 0 Å². The molecule has 0 aliphatic rings. The third kappa shape index (κ3) is 4.53. The van der Waals surface area contributed by atoms with Gasteiger partial charge in [0.15, 0.2) is 0 Å². The number of rotatable bonds is 5. The summed E-state index contributed by atoms with van der Waals surface area (Å²) in [5.41, 5.74) is 2.67. The van der Waals surface area contributed by atoms with E-state index >= 15 is 0 Å². The summed E-state index contributed by atoms with van der Waals surface area (Å²) in [6.45, 7) is 4.60. The van der Waals surface area contributed by atoms with Crippen molar-refractivity contribution in [3.8, 4) is 5.75 Å². The number of benzene rings is 2. The Labute approximate surface area is 125 Å². The molecule has 0 aliphatic heterocycles. The highest BCUT2D eigenvalue weighted by molar-refractivity contribution is 5.99. The minimum atomic E-state index is -0.267. The second-order valence-corrected chi connectivity index (χ2v) is 4.59. The van der Waals surface area contributed by atoms with Gasteiger partial charge in [-0.05, 0) is 43.2 Å². The Morgan fingerprint density at radius 3 is 2.33 bits per heavy atom. The van der Waals surface area contributed by atoms with Crippen LogP contribution in [0.25, 0.3) is 0 Å².